The summed E-state index contributed by atoms with van der Waals surface area (Å²) in [7, 11) is 1.75. The number of guanidine groups is 1. The fourth-order valence-electron chi connectivity index (χ4n) is 4.75. The number of benzene rings is 1. The second-order valence-corrected chi connectivity index (χ2v) is 9.84. The van der Waals surface area contributed by atoms with E-state index in [0.717, 1.165) is 38.5 Å². The van der Waals surface area contributed by atoms with Crippen LogP contribution in [-0.4, -0.2) is 94.9 Å². The van der Waals surface area contributed by atoms with Crippen molar-refractivity contribution in [2.45, 2.75) is 69.5 Å². The van der Waals surface area contributed by atoms with Crippen LogP contribution in [0, 0.1) is 5.41 Å². The van der Waals surface area contributed by atoms with E-state index < -0.39 is 12.0 Å². The monoisotopic (exact) mass is 536 g/mol. The molecule has 1 saturated heterocycles. The highest BCUT2D eigenvalue weighted by Gasteiger charge is 2.37. The smallest absolute Gasteiger partial charge is 0.305 e. The van der Waals surface area contributed by atoms with E-state index in [1.54, 1.807) is 21.7 Å². The molecule has 1 aromatic rings. The summed E-state index contributed by atoms with van der Waals surface area (Å²) in [5.41, 5.74) is 6.87. The first-order valence-corrected chi connectivity index (χ1v) is 12.9. The van der Waals surface area contributed by atoms with E-state index in [1.807, 2.05) is 18.2 Å². The molecule has 1 aliphatic carbocycles. The Bertz CT molecular complexity index is 914. The summed E-state index contributed by atoms with van der Waals surface area (Å²) in [6.45, 7) is 1.94. The maximum atomic E-state index is 13.5. The van der Waals surface area contributed by atoms with Crippen molar-refractivity contribution in [1.82, 2.24) is 20.0 Å². The molecule has 0 bridgehead atoms. The standard InChI is InChI=1S/C26H40N6O4.ClH/c1-30(21-10-6-15-31(18-21)26(27)28)23(33)17-22(29-14-5-9-19-7-3-2-4-8-19)25(36)32(20-11-12-20)16-13-24(34)35;/h2-4,7-8,20-22,29H,5-6,9-18H2,1H3,(H3,27,28)(H,34,35);1H/t21-,22-;/m0./s1. The lowest BCUT2D eigenvalue weighted by molar-refractivity contribution is -0.142. The molecule has 1 aromatic carbocycles. The third-order valence-electron chi connectivity index (χ3n) is 7.07. The van der Waals surface area contributed by atoms with Gasteiger partial charge in [-0.05, 0) is 50.6 Å². The zero-order valence-electron chi connectivity index (χ0n) is 21.6. The molecular formula is C26H41ClN6O4. The number of carboxylic acid groups (broad SMARTS) is 1. The maximum Gasteiger partial charge on any atom is 0.305 e. The Labute approximate surface area is 225 Å². The van der Waals surface area contributed by atoms with Crippen LogP contribution in [0.15, 0.2) is 30.3 Å². The Morgan fingerprint density at radius 3 is 2.51 bits per heavy atom. The fraction of sp³-hybridized carbons (Fsp3) is 0.615. The summed E-state index contributed by atoms with van der Waals surface area (Å²) in [4.78, 5) is 43.1. The van der Waals surface area contributed by atoms with Gasteiger partial charge in [-0.1, -0.05) is 30.3 Å². The lowest BCUT2D eigenvalue weighted by Gasteiger charge is -2.38. The zero-order valence-corrected chi connectivity index (χ0v) is 22.4. The van der Waals surface area contributed by atoms with Crippen LogP contribution in [0.25, 0.3) is 0 Å². The van der Waals surface area contributed by atoms with E-state index in [0.29, 0.717) is 19.6 Å². The van der Waals surface area contributed by atoms with Crippen LogP contribution >= 0.6 is 12.4 Å². The van der Waals surface area contributed by atoms with Crippen molar-refractivity contribution in [1.29, 1.82) is 5.41 Å². The number of hydrogen-bond acceptors (Lipinski definition) is 5. The first-order chi connectivity index (χ1) is 17.3. The molecule has 2 aliphatic rings. The molecular weight excluding hydrogens is 496 g/mol. The molecule has 5 N–H and O–H groups in total. The second kappa shape index (κ2) is 14.8. The predicted molar refractivity (Wildman–Crippen MR) is 145 cm³/mol. The van der Waals surface area contributed by atoms with E-state index in [4.69, 9.17) is 16.2 Å². The number of nitrogens with zero attached hydrogens (tertiary/aromatic N) is 3. The van der Waals surface area contributed by atoms with E-state index >= 15 is 0 Å². The normalized spacial score (nSPS) is 17.9. The number of halogens is 1. The number of nitrogens with two attached hydrogens (primary N) is 1. The summed E-state index contributed by atoms with van der Waals surface area (Å²) < 4.78 is 0. The van der Waals surface area contributed by atoms with Gasteiger partial charge in [0.15, 0.2) is 5.96 Å². The van der Waals surface area contributed by atoms with Gasteiger partial charge in [-0.15, -0.1) is 12.4 Å². The Balaban J connectivity index is 0.00000481. The highest BCUT2D eigenvalue weighted by Crippen LogP contribution is 2.28. The van der Waals surface area contributed by atoms with Crippen molar-refractivity contribution < 1.29 is 19.5 Å². The number of rotatable bonds is 13. The van der Waals surface area contributed by atoms with Crippen LogP contribution in [-0.2, 0) is 20.8 Å². The number of piperidine rings is 1. The summed E-state index contributed by atoms with van der Waals surface area (Å²) in [6, 6.07) is 9.38. The third-order valence-corrected chi connectivity index (χ3v) is 7.07. The van der Waals surface area contributed by atoms with E-state index in [-0.39, 0.29) is 61.7 Å². The lowest BCUT2D eigenvalue weighted by Crippen LogP contribution is -2.54. The Morgan fingerprint density at radius 2 is 1.89 bits per heavy atom. The van der Waals surface area contributed by atoms with Crippen molar-refractivity contribution in [2.24, 2.45) is 5.73 Å². The zero-order chi connectivity index (χ0) is 26.1. The minimum absolute atomic E-state index is 0. The van der Waals surface area contributed by atoms with Crippen LogP contribution in [0.4, 0.5) is 0 Å². The first kappa shape index (κ1) is 30.4. The number of carboxylic acids is 1. The SMILES string of the molecule is CN(C(=O)C[C@H](NCCCc1ccccc1)C(=O)N(CCC(=O)O)C1CC1)[C@H]1CCCN(C(=N)N)C1.Cl. The number of likely N-dealkylation sites (N-methyl/N-ethyl adjacent to an activating group) is 1. The molecule has 1 heterocycles. The molecule has 206 valence electrons. The van der Waals surface area contributed by atoms with Crippen molar-refractivity contribution in [3.8, 4) is 0 Å². The number of nitrogens with one attached hydrogen (secondary N) is 2. The number of hydrogen-bond donors (Lipinski definition) is 4. The molecule has 1 saturated carbocycles. The fourth-order valence-corrected chi connectivity index (χ4v) is 4.75. The van der Waals surface area contributed by atoms with Gasteiger partial charge >= 0.3 is 5.97 Å². The summed E-state index contributed by atoms with van der Waals surface area (Å²) in [5, 5.41) is 20.2. The Hall–Kier alpha value is -2.85. The molecule has 2 amide bonds. The van der Waals surface area contributed by atoms with Crippen LogP contribution in [0.5, 0.6) is 0 Å². The van der Waals surface area contributed by atoms with Gasteiger partial charge in [-0.3, -0.25) is 19.8 Å². The number of amides is 2. The van der Waals surface area contributed by atoms with Gasteiger partial charge < -0.3 is 30.9 Å². The average molecular weight is 537 g/mol. The van der Waals surface area contributed by atoms with Gasteiger partial charge in [0.1, 0.15) is 0 Å². The molecule has 3 rings (SSSR count). The summed E-state index contributed by atoms with van der Waals surface area (Å²) in [6.07, 6.45) is 4.96. The molecule has 2 atom stereocenters. The number of carbonyl (C=O) groups is 3. The van der Waals surface area contributed by atoms with Crippen LogP contribution < -0.4 is 11.1 Å². The highest BCUT2D eigenvalue weighted by molar-refractivity contribution is 5.89. The molecule has 11 heteroatoms. The first-order valence-electron chi connectivity index (χ1n) is 12.9. The lowest BCUT2D eigenvalue weighted by atomic mass is 10.0. The van der Waals surface area contributed by atoms with Gasteiger partial charge in [-0.25, -0.2) is 0 Å². The van der Waals surface area contributed by atoms with Gasteiger partial charge in [0.2, 0.25) is 11.8 Å². The highest BCUT2D eigenvalue weighted by atomic mass is 35.5. The van der Waals surface area contributed by atoms with Crippen LogP contribution in [0.2, 0.25) is 0 Å². The molecule has 0 aromatic heterocycles. The third kappa shape index (κ3) is 9.51. The van der Waals surface area contributed by atoms with Crippen molar-refractivity contribution in [2.75, 3.05) is 33.2 Å². The maximum absolute atomic E-state index is 13.5. The molecule has 37 heavy (non-hydrogen) atoms. The Morgan fingerprint density at radius 1 is 1.19 bits per heavy atom. The van der Waals surface area contributed by atoms with Crippen molar-refractivity contribution in [3.05, 3.63) is 35.9 Å². The molecule has 0 radical (unpaired) electrons. The van der Waals surface area contributed by atoms with Crippen molar-refractivity contribution in [3.63, 3.8) is 0 Å². The molecule has 0 spiro atoms. The second-order valence-electron chi connectivity index (χ2n) is 9.84. The number of aryl methyl sites for hydroxylation is 1. The molecule has 2 fully saturated rings. The average Bonchev–Trinajstić information content (AvgIpc) is 3.71. The predicted octanol–water partition coefficient (Wildman–Crippen LogP) is 1.67. The molecule has 10 nitrogen and oxygen atoms in total. The summed E-state index contributed by atoms with van der Waals surface area (Å²) >= 11 is 0. The minimum Gasteiger partial charge on any atom is -0.481 e. The van der Waals surface area contributed by atoms with E-state index in [2.05, 4.69) is 17.4 Å². The Kier molecular flexibility index (Phi) is 12.1. The van der Waals surface area contributed by atoms with Gasteiger partial charge in [0.05, 0.1) is 18.9 Å². The van der Waals surface area contributed by atoms with Crippen LogP contribution in [0.1, 0.15) is 50.5 Å². The summed E-state index contributed by atoms with van der Waals surface area (Å²) in [5.74, 6) is -1.28. The van der Waals surface area contributed by atoms with E-state index in [9.17, 15) is 14.4 Å². The number of likely N-dealkylation sites (tertiary alicyclic amines) is 1. The molecule has 0 unspecified atom stereocenters. The van der Waals surface area contributed by atoms with Gasteiger partial charge in [0, 0.05) is 38.8 Å². The van der Waals surface area contributed by atoms with Crippen molar-refractivity contribution >= 4 is 36.2 Å². The van der Waals surface area contributed by atoms with Crippen LogP contribution in [0.3, 0.4) is 0 Å². The van der Waals surface area contributed by atoms with E-state index in [1.165, 1.54) is 5.56 Å². The quantitative estimate of drug-likeness (QED) is 0.170. The molecule has 1 aliphatic heterocycles. The number of aliphatic carboxylic acids is 1. The van der Waals surface area contributed by atoms with Gasteiger partial charge in [0.25, 0.3) is 0 Å². The topological polar surface area (TPSA) is 143 Å². The minimum atomic E-state index is -0.941. The number of carbonyl (C=O) groups excluding carboxylic acids is 2. The largest absolute Gasteiger partial charge is 0.481 e. The van der Waals surface area contributed by atoms with Gasteiger partial charge in [-0.2, -0.15) is 0 Å².